The highest BCUT2D eigenvalue weighted by Crippen LogP contribution is 2.44. The zero-order chi connectivity index (χ0) is 21.3. The molecule has 1 aliphatic heterocycles. The highest BCUT2D eigenvalue weighted by Gasteiger charge is 2.36. The average Bonchev–Trinajstić information content (AvgIpc) is 2.78. The van der Waals surface area contributed by atoms with Crippen molar-refractivity contribution in [3.05, 3.63) is 93.8 Å². The summed E-state index contributed by atoms with van der Waals surface area (Å²) < 4.78 is 25.9. The van der Waals surface area contributed by atoms with E-state index < -0.39 is 11.9 Å². The van der Waals surface area contributed by atoms with Gasteiger partial charge >= 0.3 is 0 Å². The first kappa shape index (κ1) is 20.2. The fourth-order valence-electron chi connectivity index (χ4n) is 3.99. The largest absolute Gasteiger partial charge is 0.493 e. The third kappa shape index (κ3) is 3.50. The van der Waals surface area contributed by atoms with E-state index in [-0.39, 0.29) is 16.5 Å². The van der Waals surface area contributed by atoms with Gasteiger partial charge in [0, 0.05) is 22.7 Å². The molecule has 0 N–H and O–H groups in total. The Labute approximate surface area is 179 Å². The van der Waals surface area contributed by atoms with Crippen LogP contribution in [-0.4, -0.2) is 31.6 Å². The van der Waals surface area contributed by atoms with Crippen LogP contribution in [0.4, 0.5) is 4.39 Å². The number of hydrogen-bond acceptors (Lipinski definition) is 3. The van der Waals surface area contributed by atoms with Crippen LogP contribution in [0.3, 0.4) is 0 Å². The fraction of sp³-hybridized carbons (Fsp3) is 0.208. The quantitative estimate of drug-likeness (QED) is 0.570. The van der Waals surface area contributed by atoms with Gasteiger partial charge in [0.2, 0.25) is 0 Å². The molecule has 1 atom stereocenters. The number of fused-ring (bicyclic) bond motifs is 1. The van der Waals surface area contributed by atoms with Crippen LogP contribution in [0.2, 0.25) is 5.02 Å². The summed E-state index contributed by atoms with van der Waals surface area (Å²) in [5.41, 5.74) is 2.56. The van der Waals surface area contributed by atoms with Crippen molar-refractivity contribution in [3.63, 3.8) is 0 Å². The lowest BCUT2D eigenvalue weighted by molar-refractivity contribution is 0.0691. The predicted octanol–water partition coefficient (Wildman–Crippen LogP) is 5.28. The second-order valence-corrected chi connectivity index (χ2v) is 7.47. The van der Waals surface area contributed by atoms with Crippen LogP contribution in [0, 0.1) is 5.82 Å². The number of nitrogens with zero attached hydrogens (tertiary/aromatic N) is 1. The van der Waals surface area contributed by atoms with Gasteiger partial charge < -0.3 is 14.4 Å². The van der Waals surface area contributed by atoms with Crippen LogP contribution < -0.4 is 9.47 Å². The fourth-order valence-corrected chi connectivity index (χ4v) is 4.26. The van der Waals surface area contributed by atoms with Gasteiger partial charge in [-0.25, -0.2) is 4.39 Å². The van der Waals surface area contributed by atoms with Crippen LogP contribution in [-0.2, 0) is 6.42 Å². The molecule has 0 unspecified atom stereocenters. The van der Waals surface area contributed by atoms with Gasteiger partial charge in [-0.05, 0) is 53.9 Å². The van der Waals surface area contributed by atoms with Gasteiger partial charge in [0.25, 0.3) is 5.91 Å². The van der Waals surface area contributed by atoms with Crippen molar-refractivity contribution in [1.29, 1.82) is 0 Å². The SMILES string of the molecule is COc1cc2c(cc1OC)[C@H](c1c(F)cccc1Cl)N(C(=O)c1ccccc1)CC2. The molecule has 6 heteroatoms. The number of carbonyl (C=O) groups excluding carboxylic acids is 1. The van der Waals surface area contributed by atoms with Gasteiger partial charge in [0.05, 0.1) is 20.3 Å². The molecule has 4 rings (SSSR count). The number of amides is 1. The van der Waals surface area contributed by atoms with Crippen molar-refractivity contribution < 1.29 is 18.7 Å². The van der Waals surface area contributed by atoms with E-state index in [1.807, 2.05) is 30.3 Å². The molecule has 0 saturated carbocycles. The summed E-state index contributed by atoms with van der Waals surface area (Å²) in [4.78, 5) is 15.1. The lowest BCUT2D eigenvalue weighted by Gasteiger charge is -2.38. The maximum atomic E-state index is 15.0. The maximum Gasteiger partial charge on any atom is 0.254 e. The van der Waals surface area contributed by atoms with Crippen molar-refractivity contribution in [1.82, 2.24) is 4.90 Å². The lowest BCUT2D eigenvalue weighted by Crippen LogP contribution is -2.41. The van der Waals surface area contributed by atoms with E-state index in [4.69, 9.17) is 21.1 Å². The maximum absolute atomic E-state index is 15.0. The van der Waals surface area contributed by atoms with Crippen molar-refractivity contribution in [2.75, 3.05) is 20.8 Å². The van der Waals surface area contributed by atoms with Crippen molar-refractivity contribution >= 4 is 17.5 Å². The Hall–Kier alpha value is -3.05. The molecule has 0 spiro atoms. The minimum absolute atomic E-state index is 0.180. The number of carbonyl (C=O) groups is 1. The summed E-state index contributed by atoms with van der Waals surface area (Å²) >= 11 is 6.44. The highest BCUT2D eigenvalue weighted by atomic mass is 35.5. The summed E-state index contributed by atoms with van der Waals surface area (Å²) in [7, 11) is 3.12. The molecule has 0 radical (unpaired) electrons. The summed E-state index contributed by atoms with van der Waals surface area (Å²) in [5.74, 6) is 0.474. The molecule has 0 fully saturated rings. The van der Waals surface area contributed by atoms with Gasteiger partial charge in [-0.15, -0.1) is 0 Å². The van der Waals surface area contributed by atoms with Gasteiger partial charge in [-0.2, -0.15) is 0 Å². The third-order valence-electron chi connectivity index (χ3n) is 5.43. The third-order valence-corrected chi connectivity index (χ3v) is 5.76. The molecular formula is C24H21ClFNO3. The molecule has 1 heterocycles. The van der Waals surface area contributed by atoms with E-state index in [0.717, 1.165) is 11.1 Å². The van der Waals surface area contributed by atoms with Crippen LogP contribution >= 0.6 is 11.6 Å². The Kier molecular flexibility index (Phi) is 5.64. The minimum atomic E-state index is -0.685. The number of ether oxygens (including phenoxy) is 2. The van der Waals surface area contributed by atoms with E-state index in [1.165, 1.54) is 6.07 Å². The van der Waals surface area contributed by atoms with Crippen LogP contribution in [0.1, 0.15) is 33.1 Å². The van der Waals surface area contributed by atoms with Crippen LogP contribution in [0.5, 0.6) is 11.5 Å². The number of rotatable bonds is 4. The summed E-state index contributed by atoms with van der Waals surface area (Å²) in [6.45, 7) is 0.422. The van der Waals surface area contributed by atoms with Gasteiger partial charge in [0.15, 0.2) is 11.5 Å². The van der Waals surface area contributed by atoms with Crippen molar-refractivity contribution in [3.8, 4) is 11.5 Å². The summed E-state index contributed by atoms with van der Waals surface area (Å²) in [5, 5.41) is 0.272. The molecule has 0 bridgehead atoms. The molecule has 154 valence electrons. The average molecular weight is 426 g/mol. The van der Waals surface area contributed by atoms with E-state index in [9.17, 15) is 4.79 Å². The molecule has 0 aromatic heterocycles. The standard InChI is InChI=1S/C24H21ClFNO3/c1-29-20-13-16-11-12-27(24(28)15-7-4-3-5-8-15)23(17(16)14-21(20)30-2)22-18(25)9-6-10-19(22)26/h3-10,13-14,23H,11-12H2,1-2H3/t23-/m1/s1. The zero-order valence-electron chi connectivity index (χ0n) is 16.7. The molecule has 3 aromatic rings. The highest BCUT2D eigenvalue weighted by molar-refractivity contribution is 6.31. The summed E-state index contributed by atoms with van der Waals surface area (Å²) in [6.07, 6.45) is 0.608. The first-order valence-electron chi connectivity index (χ1n) is 9.60. The molecule has 0 aliphatic carbocycles. The number of benzene rings is 3. The monoisotopic (exact) mass is 425 g/mol. The molecule has 30 heavy (non-hydrogen) atoms. The van der Waals surface area contributed by atoms with Gasteiger partial charge in [-0.1, -0.05) is 35.9 Å². The Bertz CT molecular complexity index is 1070. The van der Waals surface area contributed by atoms with E-state index >= 15 is 4.39 Å². The molecule has 3 aromatic carbocycles. The van der Waals surface area contributed by atoms with E-state index in [0.29, 0.717) is 30.0 Å². The van der Waals surface area contributed by atoms with Crippen LogP contribution in [0.25, 0.3) is 0 Å². The van der Waals surface area contributed by atoms with Crippen LogP contribution in [0.15, 0.2) is 60.7 Å². The van der Waals surface area contributed by atoms with Gasteiger partial charge in [0.1, 0.15) is 5.82 Å². The number of methoxy groups -OCH3 is 2. The predicted molar refractivity (Wildman–Crippen MR) is 114 cm³/mol. The topological polar surface area (TPSA) is 38.8 Å². The molecule has 0 saturated heterocycles. The minimum Gasteiger partial charge on any atom is -0.493 e. The Morgan fingerprint density at radius 1 is 1.03 bits per heavy atom. The van der Waals surface area contributed by atoms with Gasteiger partial charge in [-0.3, -0.25) is 4.79 Å². The Morgan fingerprint density at radius 2 is 1.73 bits per heavy atom. The zero-order valence-corrected chi connectivity index (χ0v) is 17.4. The number of hydrogen-bond donors (Lipinski definition) is 0. The first-order chi connectivity index (χ1) is 14.5. The van der Waals surface area contributed by atoms with Crippen molar-refractivity contribution in [2.24, 2.45) is 0 Å². The number of halogens is 2. The van der Waals surface area contributed by atoms with Crippen molar-refractivity contribution in [2.45, 2.75) is 12.5 Å². The second-order valence-electron chi connectivity index (χ2n) is 7.06. The second kappa shape index (κ2) is 8.36. The normalized spacial score (nSPS) is 15.5. The molecule has 4 nitrogen and oxygen atoms in total. The first-order valence-corrected chi connectivity index (χ1v) is 9.97. The molecule has 1 aliphatic rings. The Morgan fingerprint density at radius 3 is 2.40 bits per heavy atom. The van der Waals surface area contributed by atoms with E-state index in [2.05, 4.69) is 0 Å². The molecule has 1 amide bonds. The molecular weight excluding hydrogens is 405 g/mol. The summed E-state index contributed by atoms with van der Waals surface area (Å²) in [6, 6.07) is 16.6. The smallest absolute Gasteiger partial charge is 0.254 e. The lowest BCUT2D eigenvalue weighted by atomic mass is 9.87. The Balaban J connectivity index is 1.92. The van der Waals surface area contributed by atoms with E-state index in [1.54, 1.807) is 43.4 Å².